The molecule has 1 amide bonds. The van der Waals surface area contributed by atoms with Gasteiger partial charge in [-0.15, -0.1) is 0 Å². The van der Waals surface area contributed by atoms with E-state index in [0.717, 1.165) is 30.4 Å². The lowest BCUT2D eigenvalue weighted by Gasteiger charge is -2.22. The molecule has 3 fully saturated rings. The predicted octanol–water partition coefficient (Wildman–Crippen LogP) is 4.33. The van der Waals surface area contributed by atoms with Gasteiger partial charge >= 0.3 is 0 Å². The Morgan fingerprint density at radius 1 is 1.16 bits per heavy atom. The topological polar surface area (TPSA) is 70.3 Å². The molecule has 0 atom stereocenters. The van der Waals surface area contributed by atoms with E-state index < -0.39 is 0 Å². The molecular formula is C24H32N4O2S. The molecule has 1 saturated heterocycles. The number of nitriles is 1. The zero-order valence-corrected chi connectivity index (χ0v) is 19.1. The molecule has 166 valence electrons. The van der Waals surface area contributed by atoms with Crippen LogP contribution in [-0.2, 0) is 16.6 Å². The van der Waals surface area contributed by atoms with Crippen molar-refractivity contribution >= 4 is 29.3 Å². The molecular weight excluding hydrogens is 408 g/mol. The van der Waals surface area contributed by atoms with Crippen LogP contribution in [-0.4, -0.2) is 48.2 Å². The zero-order chi connectivity index (χ0) is 21.6. The van der Waals surface area contributed by atoms with Crippen LogP contribution in [0.3, 0.4) is 0 Å². The lowest BCUT2D eigenvalue weighted by atomic mass is 9.96. The Kier molecular flexibility index (Phi) is 7.54. The first-order valence-electron chi connectivity index (χ1n) is 11.4. The second-order valence-electron chi connectivity index (χ2n) is 8.69. The number of ether oxygens (including phenoxy) is 1. The van der Waals surface area contributed by atoms with Gasteiger partial charge in [0, 0.05) is 48.1 Å². The Balaban J connectivity index is 0.000000245. The van der Waals surface area contributed by atoms with Crippen molar-refractivity contribution in [2.45, 2.75) is 61.8 Å². The number of nitrogens with zero attached hydrogens (tertiary/aromatic N) is 3. The zero-order valence-electron chi connectivity index (χ0n) is 18.3. The highest BCUT2D eigenvalue weighted by atomic mass is 32.2. The number of rotatable bonds is 5. The maximum atomic E-state index is 10.0. The van der Waals surface area contributed by atoms with Gasteiger partial charge in [-0.1, -0.05) is 25.3 Å². The molecule has 1 aliphatic heterocycles. The molecule has 2 aliphatic carbocycles. The van der Waals surface area contributed by atoms with Gasteiger partial charge in [0.15, 0.2) is 0 Å². The average Bonchev–Trinajstić information content (AvgIpc) is 3.63. The van der Waals surface area contributed by atoms with Gasteiger partial charge in [0.1, 0.15) is 6.07 Å². The molecule has 2 saturated carbocycles. The molecule has 7 heteroatoms. The van der Waals surface area contributed by atoms with Gasteiger partial charge in [0.25, 0.3) is 0 Å². The van der Waals surface area contributed by atoms with Crippen molar-refractivity contribution in [3.63, 3.8) is 0 Å². The van der Waals surface area contributed by atoms with Crippen LogP contribution in [0.25, 0.3) is 10.9 Å². The van der Waals surface area contributed by atoms with Crippen molar-refractivity contribution in [2.75, 3.05) is 26.3 Å². The minimum absolute atomic E-state index is 0.596. The summed E-state index contributed by atoms with van der Waals surface area (Å²) in [5.41, 5.74) is 3.32. The highest BCUT2D eigenvalue weighted by molar-refractivity contribution is 7.97. The number of carbonyl (C=O) groups excluding carboxylic acids is 1. The number of hydrogen-bond donors (Lipinski definition) is 1. The molecule has 0 spiro atoms. The summed E-state index contributed by atoms with van der Waals surface area (Å²) in [6, 6.07) is 9.61. The van der Waals surface area contributed by atoms with Gasteiger partial charge < -0.3 is 14.2 Å². The fraction of sp³-hybridized carbons (Fsp3) is 0.583. The molecule has 1 N–H and O–H groups in total. The Morgan fingerprint density at radius 2 is 1.90 bits per heavy atom. The first-order chi connectivity index (χ1) is 15.2. The molecule has 1 aromatic heterocycles. The van der Waals surface area contributed by atoms with E-state index in [-0.39, 0.29) is 0 Å². The van der Waals surface area contributed by atoms with E-state index in [1.807, 2.05) is 0 Å². The van der Waals surface area contributed by atoms with E-state index in [9.17, 15) is 10.1 Å². The van der Waals surface area contributed by atoms with Crippen LogP contribution in [0.4, 0.5) is 0 Å². The third-order valence-electron chi connectivity index (χ3n) is 6.44. The molecule has 1 aromatic carbocycles. The van der Waals surface area contributed by atoms with Gasteiger partial charge in [-0.2, -0.15) is 5.26 Å². The van der Waals surface area contributed by atoms with Crippen molar-refractivity contribution in [1.29, 1.82) is 5.26 Å². The summed E-state index contributed by atoms with van der Waals surface area (Å²) in [7, 11) is 2.11. The van der Waals surface area contributed by atoms with Gasteiger partial charge in [0.2, 0.25) is 6.41 Å². The quantitative estimate of drug-likeness (QED) is 0.553. The number of benzene rings is 1. The van der Waals surface area contributed by atoms with Crippen LogP contribution in [0.15, 0.2) is 23.1 Å². The van der Waals surface area contributed by atoms with Crippen molar-refractivity contribution in [3.8, 4) is 6.07 Å². The number of fused-ring (bicyclic) bond motifs is 1. The second-order valence-corrected chi connectivity index (χ2v) is 9.60. The Morgan fingerprint density at radius 3 is 2.52 bits per heavy atom. The number of aromatic nitrogens is 1. The molecule has 3 aliphatic rings. The van der Waals surface area contributed by atoms with Gasteiger partial charge in [-0.3, -0.25) is 9.52 Å². The maximum absolute atomic E-state index is 10.0. The molecule has 6 nitrogen and oxygen atoms in total. The summed E-state index contributed by atoms with van der Waals surface area (Å²) in [5.74, 6) is 0.596. The monoisotopic (exact) mass is 440 g/mol. The van der Waals surface area contributed by atoms with E-state index in [2.05, 4.69) is 40.6 Å². The number of amides is 1. The molecule has 0 bridgehead atoms. The molecule has 0 unspecified atom stereocenters. The third-order valence-corrected chi connectivity index (χ3v) is 7.38. The molecule has 5 rings (SSSR count). The van der Waals surface area contributed by atoms with Crippen LogP contribution >= 0.6 is 11.9 Å². The van der Waals surface area contributed by atoms with Crippen LogP contribution < -0.4 is 4.72 Å². The van der Waals surface area contributed by atoms with Crippen molar-refractivity contribution in [2.24, 2.45) is 7.05 Å². The summed E-state index contributed by atoms with van der Waals surface area (Å²) < 4.78 is 10.9. The normalized spacial score (nSPS) is 19.5. The van der Waals surface area contributed by atoms with E-state index >= 15 is 0 Å². The Labute approximate surface area is 189 Å². The van der Waals surface area contributed by atoms with Crippen LogP contribution in [0, 0.1) is 11.3 Å². The smallest absolute Gasteiger partial charge is 0.209 e. The number of hydrogen-bond acceptors (Lipinski definition) is 5. The van der Waals surface area contributed by atoms with Crippen LogP contribution in [0.2, 0.25) is 0 Å². The van der Waals surface area contributed by atoms with E-state index in [4.69, 9.17) is 4.74 Å². The summed E-state index contributed by atoms with van der Waals surface area (Å²) in [4.78, 5) is 13.0. The largest absolute Gasteiger partial charge is 0.378 e. The average molecular weight is 441 g/mol. The predicted molar refractivity (Wildman–Crippen MR) is 124 cm³/mol. The molecule has 31 heavy (non-hydrogen) atoms. The molecule has 2 heterocycles. The fourth-order valence-corrected chi connectivity index (χ4v) is 5.35. The summed E-state index contributed by atoms with van der Waals surface area (Å²) >= 11 is 1.75. The molecule has 0 radical (unpaired) electrons. The molecule has 2 aromatic rings. The SMILES string of the molecule is Cn1c(C2CC2)c(C#N)c2ccc(SNC3CCCCC3)cc21.O=CN1CCOCC1. The van der Waals surface area contributed by atoms with Gasteiger partial charge in [-0.25, -0.2) is 0 Å². The minimum atomic E-state index is 0.596. The standard InChI is InChI=1S/C19H23N3S.C5H9NO2/c1-22-18-11-15(23-21-14-5-3-2-4-6-14)9-10-16(18)17(12-20)19(22)13-7-8-13;7-5-6-1-3-8-4-2-6/h9-11,13-14,21H,2-8H2,1H3;5H,1-4H2. The van der Waals surface area contributed by atoms with Crippen molar-refractivity contribution in [3.05, 3.63) is 29.5 Å². The third kappa shape index (κ3) is 5.43. The highest BCUT2D eigenvalue weighted by Crippen LogP contribution is 2.44. The minimum Gasteiger partial charge on any atom is -0.378 e. The first-order valence-corrected chi connectivity index (χ1v) is 12.2. The maximum Gasteiger partial charge on any atom is 0.209 e. The lowest BCUT2D eigenvalue weighted by molar-refractivity contribution is -0.121. The summed E-state index contributed by atoms with van der Waals surface area (Å²) in [6.07, 6.45) is 10.00. The summed E-state index contributed by atoms with van der Waals surface area (Å²) in [5, 5.41) is 10.7. The first kappa shape index (κ1) is 22.2. The van der Waals surface area contributed by atoms with Crippen molar-refractivity contribution in [1.82, 2.24) is 14.2 Å². The number of carbonyl (C=O) groups is 1. The number of aryl methyl sites for hydroxylation is 1. The van der Waals surface area contributed by atoms with Crippen LogP contribution in [0.1, 0.15) is 62.1 Å². The van der Waals surface area contributed by atoms with Crippen molar-refractivity contribution < 1.29 is 9.53 Å². The Bertz CT molecular complexity index is 935. The fourth-order valence-electron chi connectivity index (χ4n) is 4.51. The van der Waals surface area contributed by atoms with Crippen LogP contribution in [0.5, 0.6) is 0 Å². The van der Waals surface area contributed by atoms with Gasteiger partial charge in [0.05, 0.1) is 24.3 Å². The highest BCUT2D eigenvalue weighted by Gasteiger charge is 2.31. The lowest BCUT2D eigenvalue weighted by Crippen LogP contribution is -2.34. The second kappa shape index (κ2) is 10.5. The Hall–Kier alpha value is -2.01. The van der Waals surface area contributed by atoms with Gasteiger partial charge in [-0.05, 0) is 49.8 Å². The summed E-state index contributed by atoms with van der Waals surface area (Å²) in [6.45, 7) is 2.89. The van der Waals surface area contributed by atoms with E-state index in [1.165, 1.54) is 61.1 Å². The van der Waals surface area contributed by atoms with E-state index in [0.29, 0.717) is 25.2 Å². The number of morpholine rings is 1. The van der Waals surface area contributed by atoms with E-state index in [1.54, 1.807) is 16.8 Å². The number of nitrogens with one attached hydrogen (secondary N) is 1.